The van der Waals surface area contributed by atoms with E-state index < -0.39 is 24.5 Å². The first kappa shape index (κ1) is 46.0. The van der Waals surface area contributed by atoms with Crippen molar-refractivity contribution >= 4 is 23.8 Å². The minimum absolute atomic E-state index is 0.222. The molecule has 0 radical (unpaired) electrons. The number of ether oxygens (including phenoxy) is 1. The summed E-state index contributed by atoms with van der Waals surface area (Å²) in [6.45, 7) is 3.24. The zero-order valence-corrected chi connectivity index (χ0v) is 30.6. The second kappa shape index (κ2) is 34.9. The molecule has 0 aromatic carbocycles. The predicted octanol–water partition coefficient (Wildman–Crippen LogP) is 8.14. The van der Waals surface area contributed by atoms with E-state index in [2.05, 4.69) is 85.2 Å². The van der Waals surface area contributed by atoms with Crippen molar-refractivity contribution in [3.05, 3.63) is 85.1 Å². The number of aliphatic hydroxyl groups excluding tert-OH is 1. The van der Waals surface area contributed by atoms with Gasteiger partial charge in [-0.25, -0.2) is 4.79 Å². The number of hydrogen-bond acceptors (Lipinski definition) is 6. The van der Waals surface area contributed by atoms with E-state index in [0.717, 1.165) is 64.2 Å². The number of aliphatic carboxylic acids is 1. The lowest BCUT2D eigenvalue weighted by Gasteiger charge is -2.14. The minimum atomic E-state index is -1.40. The van der Waals surface area contributed by atoms with Gasteiger partial charge in [-0.15, -0.1) is 0 Å². The van der Waals surface area contributed by atoms with E-state index in [4.69, 9.17) is 14.9 Å². The zero-order valence-electron chi connectivity index (χ0n) is 30.6. The molecule has 0 aliphatic carbocycles. The molecule has 0 heterocycles. The maximum absolute atomic E-state index is 12.6. The van der Waals surface area contributed by atoms with Crippen LogP contribution in [0.5, 0.6) is 0 Å². The van der Waals surface area contributed by atoms with Crippen molar-refractivity contribution in [2.75, 3.05) is 13.2 Å². The van der Waals surface area contributed by atoms with Gasteiger partial charge in [0.05, 0.1) is 19.6 Å². The molecule has 4 N–H and O–H groups in total. The van der Waals surface area contributed by atoms with Gasteiger partial charge < -0.3 is 25.6 Å². The van der Waals surface area contributed by atoms with Crippen LogP contribution >= 0.6 is 0 Å². The van der Waals surface area contributed by atoms with Crippen molar-refractivity contribution < 1.29 is 34.1 Å². The molecule has 9 nitrogen and oxygen atoms in total. The Balaban J connectivity index is 4.53. The van der Waals surface area contributed by atoms with Gasteiger partial charge in [-0.2, -0.15) is 0 Å². The lowest BCUT2D eigenvalue weighted by atomic mass is 10.1. The molecule has 0 saturated heterocycles. The van der Waals surface area contributed by atoms with Gasteiger partial charge in [-0.3, -0.25) is 14.4 Å². The zero-order chi connectivity index (χ0) is 36.9. The highest BCUT2D eigenvalue weighted by molar-refractivity contribution is 5.87. The molecule has 0 aromatic heterocycles. The van der Waals surface area contributed by atoms with Gasteiger partial charge in [-0.1, -0.05) is 119 Å². The lowest BCUT2D eigenvalue weighted by molar-refractivity contribution is -0.146. The van der Waals surface area contributed by atoms with E-state index >= 15 is 0 Å². The number of unbranched alkanes of at least 4 members (excludes halogenated alkanes) is 6. The number of nitrogens with one attached hydrogen (secondary N) is 2. The number of carboxylic acids is 1. The summed E-state index contributed by atoms with van der Waals surface area (Å²) < 4.78 is 5.79. The van der Waals surface area contributed by atoms with E-state index in [1.54, 1.807) is 0 Å². The van der Waals surface area contributed by atoms with E-state index in [1.807, 2.05) is 24.3 Å². The van der Waals surface area contributed by atoms with Crippen LogP contribution in [0, 0.1) is 0 Å². The third-order valence-corrected chi connectivity index (χ3v) is 7.39. The molecule has 50 heavy (non-hydrogen) atoms. The second-order valence-corrected chi connectivity index (χ2v) is 11.9. The second-order valence-electron chi connectivity index (χ2n) is 11.9. The number of carbonyl (C=O) groups is 4. The molecule has 0 bridgehead atoms. The highest BCUT2D eigenvalue weighted by Crippen LogP contribution is 2.13. The maximum atomic E-state index is 12.6. The molecule has 0 aromatic rings. The highest BCUT2D eigenvalue weighted by atomic mass is 16.5. The summed E-state index contributed by atoms with van der Waals surface area (Å²) in [6, 6.07) is -1.40. The average Bonchev–Trinajstić information content (AvgIpc) is 3.10. The standard InChI is InChI=1S/C41H64N2O7/c1-3-5-7-9-11-13-14-15-16-17-18-19-21-23-29-33-40(47)50-36(30-26-22-20-12-10-8-6-4-2)31-27-24-25-28-32-38(45)42-34-39(46)43-37(35-44)41(48)49/h5,7,11-13,15-16,18-20,23,26,29-30,36-37,44H,3-4,6,8-10,14,17,21-22,24-25,27-28,31-35H2,1-2H3,(H,42,45)(H,43,46)(H,48,49)/b7-5-,13-11-,16-15-,19-18-,20-12-,29-23-,30-26-. The molecular weight excluding hydrogens is 632 g/mol. The number of rotatable bonds is 31. The Morgan fingerprint density at radius 3 is 1.84 bits per heavy atom. The highest BCUT2D eigenvalue weighted by Gasteiger charge is 2.18. The molecule has 0 aliphatic rings. The normalized spacial score (nSPS) is 13.5. The van der Waals surface area contributed by atoms with Crippen LogP contribution in [0.2, 0.25) is 0 Å². The number of esters is 1. The van der Waals surface area contributed by atoms with Gasteiger partial charge in [0.25, 0.3) is 0 Å². The predicted molar refractivity (Wildman–Crippen MR) is 203 cm³/mol. The van der Waals surface area contributed by atoms with Gasteiger partial charge in [0.1, 0.15) is 12.1 Å². The summed E-state index contributed by atoms with van der Waals surface area (Å²) >= 11 is 0. The molecule has 0 aliphatic heterocycles. The van der Waals surface area contributed by atoms with Crippen molar-refractivity contribution in [1.29, 1.82) is 0 Å². The maximum Gasteiger partial charge on any atom is 0.328 e. The minimum Gasteiger partial charge on any atom is -0.480 e. The number of allylic oxidation sites excluding steroid dienone is 12. The van der Waals surface area contributed by atoms with Crippen LogP contribution in [0.1, 0.15) is 123 Å². The van der Waals surface area contributed by atoms with Crippen LogP contribution in [-0.4, -0.2) is 59.3 Å². The summed E-state index contributed by atoms with van der Waals surface area (Å²) in [4.78, 5) is 47.3. The van der Waals surface area contributed by atoms with Gasteiger partial charge in [0.15, 0.2) is 0 Å². The fourth-order valence-electron chi connectivity index (χ4n) is 4.56. The number of hydrogen-bond donors (Lipinski definition) is 4. The fourth-order valence-corrected chi connectivity index (χ4v) is 4.56. The lowest BCUT2D eigenvalue weighted by Crippen LogP contribution is -2.47. The summed E-state index contributed by atoms with van der Waals surface area (Å²) in [6.07, 6.45) is 43.6. The Hall–Kier alpha value is -3.98. The molecular formula is C41H64N2O7. The Kier molecular flexibility index (Phi) is 32.1. The Morgan fingerprint density at radius 1 is 0.660 bits per heavy atom. The smallest absolute Gasteiger partial charge is 0.328 e. The monoisotopic (exact) mass is 696 g/mol. The summed E-state index contributed by atoms with van der Waals surface area (Å²) in [5.41, 5.74) is 0. The first-order valence-electron chi connectivity index (χ1n) is 18.5. The van der Waals surface area contributed by atoms with Crippen molar-refractivity contribution in [3.8, 4) is 0 Å². The van der Waals surface area contributed by atoms with Gasteiger partial charge in [-0.05, 0) is 76.7 Å². The number of aliphatic hydroxyl groups is 1. The number of amides is 2. The van der Waals surface area contributed by atoms with Crippen molar-refractivity contribution in [2.24, 2.45) is 0 Å². The van der Waals surface area contributed by atoms with Crippen LogP contribution in [0.3, 0.4) is 0 Å². The molecule has 2 amide bonds. The molecule has 0 rings (SSSR count). The van der Waals surface area contributed by atoms with Crippen LogP contribution in [0.15, 0.2) is 85.1 Å². The van der Waals surface area contributed by atoms with Crippen LogP contribution in [0.4, 0.5) is 0 Å². The quantitative estimate of drug-likeness (QED) is 0.0326. The summed E-state index contributed by atoms with van der Waals surface area (Å²) in [5.74, 6) is -2.59. The summed E-state index contributed by atoms with van der Waals surface area (Å²) in [5, 5.41) is 22.4. The first-order chi connectivity index (χ1) is 24.3. The third-order valence-electron chi connectivity index (χ3n) is 7.39. The van der Waals surface area contributed by atoms with Gasteiger partial charge in [0, 0.05) is 6.42 Å². The number of carboxylic acid groups (broad SMARTS) is 1. The van der Waals surface area contributed by atoms with Crippen molar-refractivity contribution in [1.82, 2.24) is 10.6 Å². The largest absolute Gasteiger partial charge is 0.480 e. The topological polar surface area (TPSA) is 142 Å². The van der Waals surface area contributed by atoms with Crippen LogP contribution in [0.25, 0.3) is 0 Å². The molecule has 0 spiro atoms. The van der Waals surface area contributed by atoms with E-state index in [-0.39, 0.29) is 37.4 Å². The Labute approximate surface area is 301 Å². The molecule has 2 unspecified atom stereocenters. The van der Waals surface area contributed by atoms with E-state index in [9.17, 15) is 19.2 Å². The molecule has 2 atom stereocenters. The molecule has 9 heteroatoms. The molecule has 280 valence electrons. The van der Waals surface area contributed by atoms with Crippen LogP contribution < -0.4 is 10.6 Å². The number of carbonyl (C=O) groups excluding carboxylic acids is 3. The average molecular weight is 697 g/mol. The van der Waals surface area contributed by atoms with Crippen molar-refractivity contribution in [2.45, 2.75) is 135 Å². The van der Waals surface area contributed by atoms with Crippen molar-refractivity contribution in [3.63, 3.8) is 0 Å². The van der Waals surface area contributed by atoms with Gasteiger partial charge >= 0.3 is 11.9 Å². The van der Waals surface area contributed by atoms with Crippen LogP contribution in [-0.2, 0) is 23.9 Å². The fraction of sp³-hybridized carbons (Fsp3) is 0.561. The Morgan fingerprint density at radius 2 is 1.24 bits per heavy atom. The summed E-state index contributed by atoms with van der Waals surface area (Å²) in [7, 11) is 0. The van der Waals surface area contributed by atoms with E-state index in [0.29, 0.717) is 12.8 Å². The van der Waals surface area contributed by atoms with Gasteiger partial charge in [0.2, 0.25) is 11.8 Å². The Bertz CT molecular complexity index is 1120. The molecule has 0 saturated carbocycles. The first-order valence-corrected chi connectivity index (χ1v) is 18.5. The molecule has 0 fully saturated rings. The third kappa shape index (κ3) is 31.3. The van der Waals surface area contributed by atoms with E-state index in [1.165, 1.54) is 19.3 Å². The SMILES string of the molecule is CC/C=C\C/C=C\C/C=C\C/C=C\C/C=C\CC(=O)OC(/C=C\C/C=C\CCCCC)CCCCCCC(=O)NCC(=O)NC(CO)C(=O)O.